The van der Waals surface area contributed by atoms with Crippen LogP contribution in [0.1, 0.15) is 36.5 Å². The van der Waals surface area contributed by atoms with E-state index in [-0.39, 0.29) is 11.9 Å². The molecule has 1 saturated heterocycles. The van der Waals surface area contributed by atoms with Crippen molar-refractivity contribution in [3.63, 3.8) is 0 Å². The molecule has 3 aromatic rings. The van der Waals surface area contributed by atoms with Crippen molar-refractivity contribution in [2.75, 3.05) is 50.1 Å². The molecule has 7 heteroatoms. The van der Waals surface area contributed by atoms with Gasteiger partial charge in [0.15, 0.2) is 0 Å². The molecule has 0 unspecified atom stereocenters. The van der Waals surface area contributed by atoms with Gasteiger partial charge in [0.1, 0.15) is 0 Å². The number of carbonyl (C=O) groups excluding carboxylic acids is 2. The Balaban J connectivity index is 1.43. The number of benzene rings is 3. The molecule has 0 aromatic heterocycles. The van der Waals surface area contributed by atoms with E-state index in [9.17, 15) is 9.59 Å². The molecule has 1 aliphatic heterocycles. The number of nitrogens with zero attached hydrogens (tertiary/aromatic N) is 2. The molecule has 0 atom stereocenters. The van der Waals surface area contributed by atoms with Crippen molar-refractivity contribution >= 4 is 29.0 Å². The third-order valence-corrected chi connectivity index (χ3v) is 6.55. The van der Waals surface area contributed by atoms with Crippen LogP contribution in [0.15, 0.2) is 72.8 Å². The summed E-state index contributed by atoms with van der Waals surface area (Å²) in [6.45, 7) is 5.20. The predicted octanol–water partition coefficient (Wildman–Crippen LogP) is 5.91. The first-order valence-electron chi connectivity index (χ1n) is 13.0. The lowest BCUT2D eigenvalue weighted by atomic mass is 10.0. The van der Waals surface area contributed by atoms with E-state index in [2.05, 4.69) is 17.6 Å². The van der Waals surface area contributed by atoms with Gasteiger partial charge in [-0.2, -0.15) is 0 Å². The molecule has 1 fully saturated rings. The van der Waals surface area contributed by atoms with Crippen molar-refractivity contribution in [3.05, 3.63) is 78.4 Å². The summed E-state index contributed by atoms with van der Waals surface area (Å²) < 4.78 is 5.38. The highest BCUT2D eigenvalue weighted by Gasteiger charge is 2.21. The number of ether oxygens (including phenoxy) is 1. The number of para-hydroxylation sites is 1. The normalized spacial score (nSPS) is 13.2. The zero-order valence-corrected chi connectivity index (χ0v) is 21.7. The molecule has 0 radical (unpaired) electrons. The summed E-state index contributed by atoms with van der Waals surface area (Å²) >= 11 is 0. The van der Waals surface area contributed by atoms with E-state index in [4.69, 9.17) is 4.74 Å². The molecule has 7 nitrogen and oxygen atoms in total. The van der Waals surface area contributed by atoms with Gasteiger partial charge in [-0.25, -0.2) is 4.79 Å². The molecule has 3 amide bonds. The van der Waals surface area contributed by atoms with Crippen LogP contribution in [0.4, 0.5) is 21.9 Å². The topological polar surface area (TPSA) is 73.9 Å². The fourth-order valence-electron chi connectivity index (χ4n) is 4.32. The van der Waals surface area contributed by atoms with Crippen molar-refractivity contribution in [3.8, 4) is 11.1 Å². The van der Waals surface area contributed by atoms with Crippen LogP contribution in [0, 0.1) is 0 Å². The summed E-state index contributed by atoms with van der Waals surface area (Å²) in [6, 6.07) is 23.5. The molecule has 194 valence electrons. The van der Waals surface area contributed by atoms with E-state index in [0.717, 1.165) is 47.5 Å². The van der Waals surface area contributed by atoms with E-state index < -0.39 is 0 Å². The number of amides is 3. The average Bonchev–Trinajstić information content (AvgIpc) is 2.95. The van der Waals surface area contributed by atoms with E-state index in [1.165, 1.54) is 0 Å². The van der Waals surface area contributed by atoms with Crippen LogP contribution in [0.25, 0.3) is 11.1 Å². The maximum atomic E-state index is 13.1. The summed E-state index contributed by atoms with van der Waals surface area (Å²) in [5.74, 6) is 0.0124. The van der Waals surface area contributed by atoms with Gasteiger partial charge in [0, 0.05) is 38.1 Å². The van der Waals surface area contributed by atoms with Crippen LogP contribution in [-0.2, 0) is 4.74 Å². The summed E-state index contributed by atoms with van der Waals surface area (Å²) in [5, 5.41) is 6.39. The van der Waals surface area contributed by atoms with Gasteiger partial charge in [-0.1, -0.05) is 56.2 Å². The Labute approximate surface area is 219 Å². The minimum absolute atomic E-state index is 0.0124. The summed E-state index contributed by atoms with van der Waals surface area (Å²) in [6.07, 6.45) is 3.23. The highest BCUT2D eigenvalue weighted by molar-refractivity contribution is 6.00. The average molecular weight is 501 g/mol. The Bertz CT molecular complexity index is 1190. The highest BCUT2D eigenvalue weighted by Crippen LogP contribution is 2.28. The molecule has 1 aliphatic rings. The Hall–Kier alpha value is -3.84. The molecule has 37 heavy (non-hydrogen) atoms. The molecular formula is C30H36N4O3. The van der Waals surface area contributed by atoms with Gasteiger partial charge in [0.05, 0.1) is 24.5 Å². The number of anilines is 3. The van der Waals surface area contributed by atoms with Gasteiger partial charge in [0.2, 0.25) is 0 Å². The monoisotopic (exact) mass is 500 g/mol. The maximum Gasteiger partial charge on any atom is 0.321 e. The van der Waals surface area contributed by atoms with Crippen LogP contribution in [0.2, 0.25) is 0 Å². The molecule has 0 saturated carbocycles. The number of hydrogen-bond acceptors (Lipinski definition) is 4. The Kier molecular flexibility index (Phi) is 9.16. The summed E-state index contributed by atoms with van der Waals surface area (Å²) in [7, 11) is 1.79. The van der Waals surface area contributed by atoms with Crippen LogP contribution in [-0.4, -0.2) is 56.7 Å². The van der Waals surface area contributed by atoms with E-state index in [0.29, 0.717) is 38.4 Å². The van der Waals surface area contributed by atoms with Crippen LogP contribution in [0.3, 0.4) is 0 Å². The number of hydrogen-bond donors (Lipinski definition) is 2. The quantitative estimate of drug-likeness (QED) is 0.359. The fraction of sp³-hybridized carbons (Fsp3) is 0.333. The third kappa shape index (κ3) is 6.89. The van der Waals surface area contributed by atoms with Gasteiger partial charge in [-0.15, -0.1) is 0 Å². The first-order valence-corrected chi connectivity index (χ1v) is 13.0. The summed E-state index contributed by atoms with van der Waals surface area (Å²) in [5.41, 5.74) is 5.23. The van der Waals surface area contributed by atoms with Gasteiger partial charge in [-0.3, -0.25) is 9.69 Å². The molecule has 0 aliphatic carbocycles. The second-order valence-corrected chi connectivity index (χ2v) is 9.20. The number of morpholine rings is 1. The zero-order valence-electron chi connectivity index (χ0n) is 21.7. The van der Waals surface area contributed by atoms with Crippen molar-refractivity contribution in [1.82, 2.24) is 10.2 Å². The van der Waals surface area contributed by atoms with E-state index in [1.54, 1.807) is 11.9 Å². The smallest absolute Gasteiger partial charge is 0.321 e. The maximum absolute atomic E-state index is 13.1. The van der Waals surface area contributed by atoms with Crippen LogP contribution in [0.5, 0.6) is 0 Å². The Morgan fingerprint density at radius 2 is 1.68 bits per heavy atom. The van der Waals surface area contributed by atoms with Gasteiger partial charge >= 0.3 is 6.03 Å². The van der Waals surface area contributed by atoms with Crippen molar-refractivity contribution in [1.29, 1.82) is 0 Å². The number of unbranched alkanes of at least 4 members (excludes halogenated alkanes) is 2. The van der Waals surface area contributed by atoms with Crippen molar-refractivity contribution in [2.45, 2.75) is 26.2 Å². The number of rotatable bonds is 9. The van der Waals surface area contributed by atoms with Crippen LogP contribution >= 0.6 is 0 Å². The third-order valence-electron chi connectivity index (χ3n) is 6.55. The minimum atomic E-state index is -0.0990. The largest absolute Gasteiger partial charge is 0.378 e. The molecule has 0 spiro atoms. The standard InChI is InChI=1S/C30H36N4O3/c1-3-4-7-17-31-30(36)33(2)26-10-8-9-24(22-26)23-13-15-25(16-14-23)32-28-12-6-5-11-27(28)29(35)34-18-20-37-21-19-34/h5-6,8-16,22,32H,3-4,7,17-21H2,1-2H3,(H,31,36). The van der Waals surface area contributed by atoms with Crippen molar-refractivity contribution in [2.24, 2.45) is 0 Å². The SMILES string of the molecule is CCCCCNC(=O)N(C)c1cccc(-c2ccc(Nc3ccccc3C(=O)N3CCOCC3)cc2)c1. The number of urea groups is 1. The highest BCUT2D eigenvalue weighted by atomic mass is 16.5. The Morgan fingerprint density at radius 1 is 0.919 bits per heavy atom. The van der Waals surface area contributed by atoms with E-state index in [1.807, 2.05) is 77.7 Å². The first kappa shape index (κ1) is 26.2. The van der Waals surface area contributed by atoms with Crippen LogP contribution < -0.4 is 15.5 Å². The molecule has 3 aromatic carbocycles. The second-order valence-electron chi connectivity index (χ2n) is 9.20. The fourth-order valence-corrected chi connectivity index (χ4v) is 4.32. The van der Waals surface area contributed by atoms with Gasteiger partial charge in [0.25, 0.3) is 5.91 Å². The molecule has 1 heterocycles. The molecule has 0 bridgehead atoms. The zero-order chi connectivity index (χ0) is 26.0. The minimum Gasteiger partial charge on any atom is -0.378 e. The second kappa shape index (κ2) is 12.9. The lowest BCUT2D eigenvalue weighted by molar-refractivity contribution is 0.0303. The number of carbonyl (C=O) groups is 2. The number of nitrogens with one attached hydrogen (secondary N) is 2. The molecule has 4 rings (SSSR count). The predicted molar refractivity (Wildman–Crippen MR) is 150 cm³/mol. The first-order chi connectivity index (χ1) is 18.1. The van der Waals surface area contributed by atoms with Gasteiger partial charge < -0.3 is 20.3 Å². The molecule has 2 N–H and O–H groups in total. The lowest BCUT2D eigenvalue weighted by Gasteiger charge is -2.27. The Morgan fingerprint density at radius 3 is 2.43 bits per heavy atom. The summed E-state index contributed by atoms with van der Waals surface area (Å²) in [4.78, 5) is 29.1. The lowest BCUT2D eigenvalue weighted by Crippen LogP contribution is -2.40. The van der Waals surface area contributed by atoms with E-state index >= 15 is 0 Å². The molecular weight excluding hydrogens is 464 g/mol. The van der Waals surface area contributed by atoms with Gasteiger partial charge in [-0.05, 0) is 53.9 Å². The van der Waals surface area contributed by atoms with Crippen molar-refractivity contribution < 1.29 is 14.3 Å².